The number of ketones is 1. The maximum absolute atomic E-state index is 12.5. The Balaban J connectivity index is 2.03. The minimum atomic E-state index is 0.193. The fraction of sp³-hybridized carbons (Fsp3) is 0.611. The van der Waals surface area contributed by atoms with Crippen molar-refractivity contribution in [2.75, 3.05) is 0 Å². The molecule has 1 unspecified atom stereocenters. The summed E-state index contributed by atoms with van der Waals surface area (Å²) < 4.78 is 0. The molecule has 2 rings (SSSR count). The van der Waals surface area contributed by atoms with E-state index in [9.17, 15) is 4.79 Å². The zero-order valence-corrected chi connectivity index (χ0v) is 12.5. The summed E-state index contributed by atoms with van der Waals surface area (Å²) >= 11 is 0. The maximum Gasteiger partial charge on any atom is 0.140 e. The molecular weight excluding hydrogens is 232 g/mol. The highest BCUT2D eigenvalue weighted by atomic mass is 16.1. The van der Waals surface area contributed by atoms with E-state index < -0.39 is 0 Å². The average Bonchev–Trinajstić information content (AvgIpc) is 2.39. The van der Waals surface area contributed by atoms with E-state index in [1.807, 2.05) is 0 Å². The van der Waals surface area contributed by atoms with Crippen LogP contribution in [0.1, 0.15) is 57.6 Å². The molecule has 1 atom stereocenters. The number of rotatable bonds is 4. The summed E-state index contributed by atoms with van der Waals surface area (Å²) in [6.07, 6.45) is 6.44. The van der Waals surface area contributed by atoms with Crippen LogP contribution in [0, 0.1) is 11.3 Å². The molecule has 104 valence electrons. The van der Waals surface area contributed by atoms with Crippen molar-refractivity contribution in [3.8, 4) is 0 Å². The van der Waals surface area contributed by atoms with E-state index in [0.29, 0.717) is 12.2 Å². The van der Waals surface area contributed by atoms with E-state index in [1.54, 1.807) is 0 Å². The van der Waals surface area contributed by atoms with Gasteiger partial charge in [0, 0.05) is 12.3 Å². The van der Waals surface area contributed by atoms with Gasteiger partial charge in [-0.15, -0.1) is 0 Å². The second-order valence-electron chi connectivity index (χ2n) is 6.60. The van der Waals surface area contributed by atoms with Crippen molar-refractivity contribution in [3.63, 3.8) is 0 Å². The quantitative estimate of drug-likeness (QED) is 0.772. The van der Waals surface area contributed by atoms with Crippen molar-refractivity contribution < 1.29 is 4.79 Å². The van der Waals surface area contributed by atoms with Crippen LogP contribution in [0.25, 0.3) is 0 Å². The summed E-state index contributed by atoms with van der Waals surface area (Å²) in [5.74, 6) is 0.695. The zero-order valence-electron chi connectivity index (χ0n) is 12.5. The molecule has 1 nitrogen and oxygen atoms in total. The first-order valence-electron chi connectivity index (χ1n) is 7.63. The number of Topliss-reactive ketones (excluding diaryl/α,β-unsaturated/α-hetero) is 1. The Hall–Kier alpha value is -1.11. The molecule has 1 saturated carbocycles. The van der Waals surface area contributed by atoms with Crippen LogP contribution in [-0.4, -0.2) is 5.78 Å². The SMILES string of the molecule is CCc1ccc(CC(=O)C2CCCCC2(C)C)cc1. The highest BCUT2D eigenvalue weighted by Gasteiger charge is 2.36. The molecule has 1 aromatic rings. The minimum Gasteiger partial charge on any atom is -0.299 e. The lowest BCUT2D eigenvalue weighted by Gasteiger charge is -2.37. The molecule has 1 aliphatic carbocycles. The van der Waals surface area contributed by atoms with Crippen LogP contribution in [0.15, 0.2) is 24.3 Å². The lowest BCUT2D eigenvalue weighted by molar-refractivity contribution is -0.127. The van der Waals surface area contributed by atoms with Crippen LogP contribution < -0.4 is 0 Å². The predicted octanol–water partition coefficient (Wildman–Crippen LogP) is 4.58. The van der Waals surface area contributed by atoms with Crippen molar-refractivity contribution >= 4 is 5.78 Å². The van der Waals surface area contributed by atoms with Gasteiger partial charge in [-0.3, -0.25) is 4.79 Å². The first-order valence-corrected chi connectivity index (χ1v) is 7.63. The van der Waals surface area contributed by atoms with Crippen molar-refractivity contribution in [2.24, 2.45) is 11.3 Å². The third kappa shape index (κ3) is 3.46. The molecular formula is C18H26O. The number of aryl methyl sites for hydroxylation is 1. The molecule has 0 amide bonds. The van der Waals surface area contributed by atoms with Crippen molar-refractivity contribution in [2.45, 2.75) is 59.3 Å². The fourth-order valence-electron chi connectivity index (χ4n) is 3.31. The number of hydrogen-bond acceptors (Lipinski definition) is 1. The number of carbonyl (C=O) groups is 1. The van der Waals surface area contributed by atoms with E-state index >= 15 is 0 Å². The Kier molecular flexibility index (Phi) is 4.44. The van der Waals surface area contributed by atoms with E-state index in [4.69, 9.17) is 0 Å². The van der Waals surface area contributed by atoms with Crippen molar-refractivity contribution in [1.82, 2.24) is 0 Å². The van der Waals surface area contributed by atoms with Gasteiger partial charge >= 0.3 is 0 Å². The number of benzene rings is 1. The van der Waals surface area contributed by atoms with Crippen LogP contribution in [0.5, 0.6) is 0 Å². The summed E-state index contributed by atoms with van der Waals surface area (Å²) in [7, 11) is 0. The summed E-state index contributed by atoms with van der Waals surface area (Å²) in [6.45, 7) is 6.68. The molecule has 0 bridgehead atoms. The summed E-state index contributed by atoms with van der Waals surface area (Å²) in [4.78, 5) is 12.5. The largest absolute Gasteiger partial charge is 0.299 e. The smallest absolute Gasteiger partial charge is 0.140 e. The molecule has 0 saturated heterocycles. The van der Waals surface area contributed by atoms with Gasteiger partial charge in [0.05, 0.1) is 0 Å². The van der Waals surface area contributed by atoms with Gasteiger partial charge in [0.1, 0.15) is 5.78 Å². The van der Waals surface area contributed by atoms with Gasteiger partial charge in [-0.1, -0.05) is 57.9 Å². The third-order valence-electron chi connectivity index (χ3n) is 4.71. The van der Waals surface area contributed by atoms with E-state index in [-0.39, 0.29) is 11.3 Å². The van der Waals surface area contributed by atoms with Crippen LogP contribution in [0.4, 0.5) is 0 Å². The monoisotopic (exact) mass is 258 g/mol. The summed E-state index contributed by atoms with van der Waals surface area (Å²) in [5.41, 5.74) is 2.70. The molecule has 0 aliphatic heterocycles. The average molecular weight is 258 g/mol. The topological polar surface area (TPSA) is 17.1 Å². The van der Waals surface area contributed by atoms with Gasteiger partial charge in [-0.2, -0.15) is 0 Å². The molecule has 0 N–H and O–H groups in total. The van der Waals surface area contributed by atoms with Crippen LogP contribution >= 0.6 is 0 Å². The highest BCUT2D eigenvalue weighted by Crippen LogP contribution is 2.41. The molecule has 19 heavy (non-hydrogen) atoms. The highest BCUT2D eigenvalue weighted by molar-refractivity contribution is 5.84. The zero-order chi connectivity index (χ0) is 13.9. The van der Waals surface area contributed by atoms with Gasteiger partial charge in [0.2, 0.25) is 0 Å². The van der Waals surface area contributed by atoms with Crippen LogP contribution in [-0.2, 0) is 17.6 Å². The summed E-state index contributed by atoms with van der Waals surface area (Å²) in [6, 6.07) is 8.53. The molecule has 0 heterocycles. The lowest BCUT2D eigenvalue weighted by atomic mass is 9.66. The van der Waals surface area contributed by atoms with Crippen molar-refractivity contribution in [1.29, 1.82) is 0 Å². The Bertz CT molecular complexity index is 428. The lowest BCUT2D eigenvalue weighted by Crippen LogP contribution is -2.34. The minimum absolute atomic E-state index is 0.193. The third-order valence-corrected chi connectivity index (χ3v) is 4.71. The van der Waals surface area contributed by atoms with E-state index in [2.05, 4.69) is 45.0 Å². The molecule has 0 radical (unpaired) electrons. The van der Waals surface area contributed by atoms with Gasteiger partial charge in [-0.25, -0.2) is 0 Å². The second-order valence-corrected chi connectivity index (χ2v) is 6.60. The molecule has 1 aromatic carbocycles. The second kappa shape index (κ2) is 5.90. The Labute approximate surface area is 117 Å². The van der Waals surface area contributed by atoms with Crippen molar-refractivity contribution in [3.05, 3.63) is 35.4 Å². The standard InChI is InChI=1S/C18H26O/c1-4-14-8-10-15(11-9-14)13-17(19)16-7-5-6-12-18(16,2)3/h8-11,16H,4-7,12-13H2,1-3H3. The molecule has 0 spiro atoms. The maximum atomic E-state index is 12.5. The van der Waals surface area contributed by atoms with Gasteiger partial charge < -0.3 is 0 Å². The molecule has 1 aliphatic rings. The number of hydrogen-bond donors (Lipinski definition) is 0. The van der Waals surface area contributed by atoms with Crippen LogP contribution in [0.2, 0.25) is 0 Å². The van der Waals surface area contributed by atoms with Crippen LogP contribution in [0.3, 0.4) is 0 Å². The van der Waals surface area contributed by atoms with E-state index in [1.165, 1.54) is 30.4 Å². The van der Waals surface area contributed by atoms with Gasteiger partial charge in [0.25, 0.3) is 0 Å². The molecule has 1 heteroatoms. The Morgan fingerprint density at radius 2 is 1.79 bits per heavy atom. The fourth-order valence-corrected chi connectivity index (χ4v) is 3.31. The predicted molar refractivity (Wildman–Crippen MR) is 80.3 cm³/mol. The Morgan fingerprint density at radius 1 is 1.16 bits per heavy atom. The molecule has 0 aromatic heterocycles. The summed E-state index contributed by atoms with van der Waals surface area (Å²) in [5, 5.41) is 0. The first-order chi connectivity index (χ1) is 9.03. The van der Waals surface area contributed by atoms with Gasteiger partial charge in [-0.05, 0) is 35.8 Å². The molecule has 1 fully saturated rings. The van der Waals surface area contributed by atoms with E-state index in [0.717, 1.165) is 12.8 Å². The number of carbonyl (C=O) groups excluding carboxylic acids is 1. The normalized spacial score (nSPS) is 22.2. The first kappa shape index (κ1) is 14.3. The Morgan fingerprint density at radius 3 is 2.37 bits per heavy atom. The van der Waals surface area contributed by atoms with Gasteiger partial charge in [0.15, 0.2) is 0 Å².